The molecular weight excluding hydrogens is 342 g/mol. The summed E-state index contributed by atoms with van der Waals surface area (Å²) in [6.45, 7) is 4.57. The van der Waals surface area contributed by atoms with E-state index in [1.54, 1.807) is 6.33 Å². The van der Waals surface area contributed by atoms with Gasteiger partial charge in [-0.2, -0.15) is 5.26 Å². The molecule has 2 aromatic heterocycles. The van der Waals surface area contributed by atoms with Crippen molar-refractivity contribution in [1.29, 1.82) is 5.26 Å². The molecule has 6 nitrogen and oxygen atoms in total. The largest absolute Gasteiger partial charge is 0.510 e. The SMILES string of the molecule is CCn1cnnc1SC(C)/C(O)=C(\C#N)c1nc2ccccc2s1. The highest BCUT2D eigenvalue weighted by Gasteiger charge is 2.21. The lowest BCUT2D eigenvalue weighted by Gasteiger charge is -2.11. The minimum Gasteiger partial charge on any atom is -0.510 e. The van der Waals surface area contributed by atoms with Crippen LogP contribution in [0.4, 0.5) is 0 Å². The van der Waals surface area contributed by atoms with Crippen LogP contribution in [0.15, 0.2) is 41.5 Å². The van der Waals surface area contributed by atoms with Gasteiger partial charge >= 0.3 is 0 Å². The number of nitriles is 1. The number of rotatable bonds is 5. The van der Waals surface area contributed by atoms with E-state index in [-0.39, 0.29) is 16.6 Å². The first-order valence-corrected chi connectivity index (χ1v) is 9.07. The van der Waals surface area contributed by atoms with Gasteiger partial charge in [-0.05, 0) is 26.0 Å². The van der Waals surface area contributed by atoms with Crippen molar-refractivity contribution in [2.45, 2.75) is 30.8 Å². The number of allylic oxidation sites excluding steroid dienone is 1. The second kappa shape index (κ2) is 7.03. The highest BCUT2D eigenvalue weighted by molar-refractivity contribution is 7.99. The van der Waals surface area contributed by atoms with Gasteiger partial charge in [0.2, 0.25) is 0 Å². The lowest BCUT2D eigenvalue weighted by molar-refractivity contribution is 0.402. The molecule has 3 aromatic rings. The normalized spacial score (nSPS) is 13.5. The van der Waals surface area contributed by atoms with Crippen LogP contribution in [0.25, 0.3) is 15.8 Å². The Kier molecular flexibility index (Phi) is 4.83. The number of fused-ring (bicyclic) bond motifs is 1. The van der Waals surface area contributed by atoms with Gasteiger partial charge in [-0.1, -0.05) is 23.9 Å². The van der Waals surface area contributed by atoms with E-state index in [1.807, 2.05) is 42.7 Å². The van der Waals surface area contributed by atoms with E-state index in [0.29, 0.717) is 10.2 Å². The number of aryl methyl sites for hydroxylation is 1. The number of nitrogens with zero attached hydrogens (tertiary/aromatic N) is 5. The van der Waals surface area contributed by atoms with E-state index >= 15 is 0 Å². The molecule has 1 unspecified atom stereocenters. The molecule has 24 heavy (non-hydrogen) atoms. The van der Waals surface area contributed by atoms with E-state index in [9.17, 15) is 10.4 Å². The smallest absolute Gasteiger partial charge is 0.191 e. The Morgan fingerprint density at radius 1 is 1.46 bits per heavy atom. The van der Waals surface area contributed by atoms with E-state index in [4.69, 9.17) is 0 Å². The predicted molar refractivity (Wildman–Crippen MR) is 95.8 cm³/mol. The van der Waals surface area contributed by atoms with E-state index in [0.717, 1.165) is 16.8 Å². The van der Waals surface area contributed by atoms with E-state index in [2.05, 4.69) is 21.3 Å². The van der Waals surface area contributed by atoms with Gasteiger partial charge in [-0.15, -0.1) is 21.5 Å². The number of benzene rings is 1. The molecule has 122 valence electrons. The number of hydrogen-bond acceptors (Lipinski definition) is 7. The summed E-state index contributed by atoms with van der Waals surface area (Å²) in [6, 6.07) is 9.76. The molecule has 3 rings (SSSR count). The standard InChI is InChI=1S/C16H15N5OS2/c1-3-21-9-18-20-16(21)23-10(2)14(22)11(8-17)15-19-12-6-4-5-7-13(12)24-15/h4-7,9-10,22H,3H2,1-2H3/b14-11-. The fourth-order valence-electron chi connectivity index (χ4n) is 2.16. The molecule has 0 fully saturated rings. The molecule has 0 aliphatic heterocycles. The third-order valence-electron chi connectivity index (χ3n) is 3.46. The van der Waals surface area contributed by atoms with Crippen molar-refractivity contribution in [2.75, 3.05) is 0 Å². The second-order valence-corrected chi connectivity index (χ2v) is 7.36. The highest BCUT2D eigenvalue weighted by Crippen LogP contribution is 2.32. The fraction of sp³-hybridized carbons (Fsp3) is 0.250. The minimum absolute atomic E-state index is 0.00668. The van der Waals surface area contributed by atoms with Crippen molar-refractivity contribution in [3.8, 4) is 6.07 Å². The molecular formula is C16H15N5OS2. The van der Waals surface area contributed by atoms with Gasteiger partial charge in [0.05, 0.1) is 15.5 Å². The Morgan fingerprint density at radius 2 is 2.25 bits per heavy atom. The number of thiazole rings is 1. The maximum atomic E-state index is 10.6. The fourth-order valence-corrected chi connectivity index (χ4v) is 4.08. The Morgan fingerprint density at radius 3 is 2.96 bits per heavy atom. The molecule has 0 aliphatic carbocycles. The third-order valence-corrected chi connectivity index (χ3v) is 5.62. The number of aliphatic hydroxyl groups is 1. The first-order chi connectivity index (χ1) is 11.6. The second-order valence-electron chi connectivity index (χ2n) is 5.02. The predicted octanol–water partition coefficient (Wildman–Crippen LogP) is 3.88. The van der Waals surface area contributed by atoms with Crippen molar-refractivity contribution in [2.24, 2.45) is 0 Å². The first-order valence-electron chi connectivity index (χ1n) is 7.37. The molecule has 0 aliphatic rings. The molecule has 0 spiro atoms. The van der Waals surface area contributed by atoms with Crippen LogP contribution < -0.4 is 0 Å². The molecule has 1 atom stereocenters. The minimum atomic E-state index is -0.332. The number of aliphatic hydroxyl groups excluding tert-OH is 1. The number of hydrogen-bond donors (Lipinski definition) is 1. The number of aromatic nitrogens is 4. The highest BCUT2D eigenvalue weighted by atomic mass is 32.2. The molecule has 0 saturated carbocycles. The van der Waals surface area contributed by atoms with Gasteiger partial charge in [0.15, 0.2) is 5.16 Å². The van der Waals surface area contributed by atoms with Crippen molar-refractivity contribution in [3.05, 3.63) is 41.4 Å². The Balaban J connectivity index is 1.93. The van der Waals surface area contributed by atoms with Crippen molar-refractivity contribution in [3.63, 3.8) is 0 Å². The molecule has 0 bridgehead atoms. The summed E-state index contributed by atoms with van der Waals surface area (Å²) in [6.07, 6.45) is 1.65. The zero-order chi connectivity index (χ0) is 17.1. The van der Waals surface area contributed by atoms with Crippen molar-refractivity contribution >= 4 is 38.9 Å². The quantitative estimate of drug-likeness (QED) is 0.423. The van der Waals surface area contributed by atoms with Gasteiger partial charge in [-0.3, -0.25) is 0 Å². The maximum Gasteiger partial charge on any atom is 0.191 e. The van der Waals surface area contributed by atoms with Crippen LogP contribution in [0.2, 0.25) is 0 Å². The van der Waals surface area contributed by atoms with Crippen LogP contribution in [0.3, 0.4) is 0 Å². The van der Waals surface area contributed by atoms with Crippen LogP contribution in [0, 0.1) is 11.3 Å². The van der Waals surface area contributed by atoms with Gasteiger partial charge in [0.25, 0.3) is 0 Å². The summed E-state index contributed by atoms with van der Waals surface area (Å²) in [7, 11) is 0. The van der Waals surface area contributed by atoms with Crippen LogP contribution in [0.5, 0.6) is 0 Å². The molecule has 1 N–H and O–H groups in total. The summed E-state index contributed by atoms with van der Waals surface area (Å²) in [5, 5.41) is 28.9. The van der Waals surface area contributed by atoms with E-state index < -0.39 is 0 Å². The number of para-hydroxylation sites is 1. The van der Waals surface area contributed by atoms with E-state index in [1.165, 1.54) is 23.1 Å². The molecule has 2 heterocycles. The summed E-state index contributed by atoms with van der Waals surface area (Å²) in [5.74, 6) is 0.00668. The van der Waals surface area contributed by atoms with Gasteiger partial charge in [-0.25, -0.2) is 4.98 Å². The van der Waals surface area contributed by atoms with Gasteiger partial charge in [0.1, 0.15) is 28.7 Å². The Labute approximate surface area is 147 Å². The van der Waals surface area contributed by atoms with Crippen molar-refractivity contribution < 1.29 is 5.11 Å². The van der Waals surface area contributed by atoms with Gasteiger partial charge < -0.3 is 9.67 Å². The molecule has 0 radical (unpaired) electrons. The summed E-state index contributed by atoms with van der Waals surface area (Å²) in [4.78, 5) is 4.45. The Hall–Kier alpha value is -2.37. The first kappa shape index (κ1) is 16.5. The summed E-state index contributed by atoms with van der Waals surface area (Å²) >= 11 is 2.76. The third kappa shape index (κ3) is 3.13. The van der Waals surface area contributed by atoms with Crippen LogP contribution in [0.1, 0.15) is 18.9 Å². The summed E-state index contributed by atoms with van der Waals surface area (Å²) in [5.41, 5.74) is 1.03. The van der Waals surface area contributed by atoms with Crippen LogP contribution >= 0.6 is 23.1 Å². The Bertz CT molecular complexity index is 904. The van der Waals surface area contributed by atoms with Crippen LogP contribution in [-0.2, 0) is 6.54 Å². The molecule has 1 aromatic carbocycles. The average Bonchev–Trinajstić information content (AvgIpc) is 3.21. The lowest BCUT2D eigenvalue weighted by atomic mass is 10.2. The molecule has 8 heteroatoms. The average molecular weight is 357 g/mol. The maximum absolute atomic E-state index is 10.6. The lowest BCUT2D eigenvalue weighted by Crippen LogP contribution is -2.06. The van der Waals surface area contributed by atoms with Crippen molar-refractivity contribution in [1.82, 2.24) is 19.7 Å². The molecule has 0 amide bonds. The summed E-state index contributed by atoms with van der Waals surface area (Å²) < 4.78 is 2.87. The zero-order valence-electron chi connectivity index (χ0n) is 13.2. The topological polar surface area (TPSA) is 87.6 Å². The zero-order valence-corrected chi connectivity index (χ0v) is 14.8. The molecule has 0 saturated heterocycles. The van der Waals surface area contributed by atoms with Gasteiger partial charge in [0, 0.05) is 6.54 Å². The number of thioether (sulfide) groups is 1. The van der Waals surface area contributed by atoms with Crippen LogP contribution in [-0.4, -0.2) is 30.1 Å². The monoisotopic (exact) mass is 357 g/mol.